The Hall–Kier alpha value is -2.08. The number of amides is 3. The van der Waals surface area contributed by atoms with Crippen LogP contribution in [0.5, 0.6) is 0 Å². The van der Waals surface area contributed by atoms with E-state index in [9.17, 15) is 14.4 Å². The molecule has 7 heteroatoms. The Labute approximate surface area is 140 Å². The van der Waals surface area contributed by atoms with Gasteiger partial charge >= 0.3 is 0 Å². The Morgan fingerprint density at radius 3 is 2.61 bits per heavy atom. The lowest BCUT2D eigenvalue weighted by Gasteiger charge is -2.14. The summed E-state index contributed by atoms with van der Waals surface area (Å²) in [5, 5.41) is 5.83. The van der Waals surface area contributed by atoms with Gasteiger partial charge in [0.25, 0.3) is 5.91 Å². The molecule has 2 rings (SSSR count). The first kappa shape index (κ1) is 17.3. The highest BCUT2D eigenvalue weighted by Gasteiger charge is 2.32. The van der Waals surface area contributed by atoms with Crippen LogP contribution < -0.4 is 10.6 Å². The average molecular weight is 338 g/mol. The number of likely N-dealkylation sites (tertiary alicyclic amines) is 1. The summed E-state index contributed by atoms with van der Waals surface area (Å²) in [6, 6.07) is 6.77. The van der Waals surface area contributed by atoms with Gasteiger partial charge in [0.15, 0.2) is 0 Å². The highest BCUT2D eigenvalue weighted by Crippen LogP contribution is 2.17. The van der Waals surface area contributed by atoms with Gasteiger partial charge in [0.05, 0.1) is 16.5 Å². The molecule has 6 nitrogen and oxygen atoms in total. The normalized spacial score (nSPS) is 17.2. The summed E-state index contributed by atoms with van der Waals surface area (Å²) < 4.78 is 0. The van der Waals surface area contributed by atoms with Crippen LogP contribution in [0.15, 0.2) is 24.3 Å². The maximum atomic E-state index is 12.0. The third-order valence-electron chi connectivity index (χ3n) is 3.80. The Morgan fingerprint density at radius 2 is 1.96 bits per heavy atom. The molecule has 0 aliphatic carbocycles. The zero-order chi connectivity index (χ0) is 16.8. The van der Waals surface area contributed by atoms with E-state index < -0.39 is 0 Å². The quantitative estimate of drug-likeness (QED) is 0.762. The number of nitrogens with one attached hydrogen (secondary N) is 2. The first-order chi connectivity index (χ1) is 11.0. The van der Waals surface area contributed by atoms with Crippen LogP contribution in [0.2, 0.25) is 5.02 Å². The van der Waals surface area contributed by atoms with Gasteiger partial charge in [-0.2, -0.15) is 0 Å². The number of halogens is 1. The minimum atomic E-state index is -0.304. The maximum Gasteiger partial charge on any atom is 0.252 e. The number of rotatable bonds is 6. The molecule has 23 heavy (non-hydrogen) atoms. The molecule has 0 spiro atoms. The molecule has 0 radical (unpaired) electrons. The number of carbonyl (C=O) groups excluding carboxylic acids is 3. The molecule has 0 saturated carbocycles. The van der Waals surface area contributed by atoms with E-state index in [1.165, 1.54) is 0 Å². The van der Waals surface area contributed by atoms with Gasteiger partial charge in [-0.1, -0.05) is 23.7 Å². The molecule has 0 aromatic heterocycles. The number of carbonyl (C=O) groups is 3. The Balaban J connectivity index is 1.71. The van der Waals surface area contributed by atoms with E-state index in [2.05, 4.69) is 10.6 Å². The fourth-order valence-corrected chi connectivity index (χ4v) is 2.72. The second-order valence-corrected chi connectivity index (χ2v) is 5.77. The van der Waals surface area contributed by atoms with Crippen LogP contribution in [0.4, 0.5) is 0 Å². The Morgan fingerprint density at radius 1 is 1.26 bits per heavy atom. The third kappa shape index (κ3) is 4.45. The van der Waals surface area contributed by atoms with E-state index in [1.807, 2.05) is 6.92 Å². The SMILES string of the molecule is CCN1C[C@@H](C(=O)NCCNC(=O)c2ccccc2Cl)CC1=O. The number of benzene rings is 1. The largest absolute Gasteiger partial charge is 0.354 e. The standard InChI is InChI=1S/C16H20ClN3O3/c1-2-20-10-11(9-14(20)21)15(22)18-7-8-19-16(23)12-5-3-4-6-13(12)17/h3-6,11H,2,7-10H2,1H3,(H,18,22)(H,19,23)/t11-/m0/s1. The summed E-state index contributed by atoms with van der Waals surface area (Å²) >= 11 is 5.94. The predicted molar refractivity (Wildman–Crippen MR) is 87.2 cm³/mol. The first-order valence-corrected chi connectivity index (χ1v) is 7.99. The lowest BCUT2D eigenvalue weighted by molar-refractivity contribution is -0.128. The topological polar surface area (TPSA) is 78.5 Å². The Kier molecular flexibility index (Phi) is 5.98. The molecule has 1 saturated heterocycles. The molecule has 0 bridgehead atoms. The van der Waals surface area contributed by atoms with E-state index in [1.54, 1.807) is 29.2 Å². The summed E-state index contributed by atoms with van der Waals surface area (Å²) in [5.74, 6) is -0.722. The van der Waals surface area contributed by atoms with Crippen LogP contribution in [0.3, 0.4) is 0 Å². The van der Waals surface area contributed by atoms with Crippen molar-refractivity contribution in [1.29, 1.82) is 0 Å². The number of nitrogens with zero attached hydrogens (tertiary/aromatic N) is 1. The summed E-state index contributed by atoms with van der Waals surface area (Å²) in [4.78, 5) is 37.2. The molecule has 1 aliphatic rings. The molecule has 1 fully saturated rings. The monoisotopic (exact) mass is 337 g/mol. The van der Waals surface area contributed by atoms with Gasteiger partial charge < -0.3 is 15.5 Å². The van der Waals surface area contributed by atoms with Crippen molar-refractivity contribution in [2.24, 2.45) is 5.92 Å². The highest BCUT2D eigenvalue weighted by molar-refractivity contribution is 6.33. The molecule has 0 unspecified atom stereocenters. The van der Waals surface area contributed by atoms with Gasteiger partial charge in [-0.15, -0.1) is 0 Å². The van der Waals surface area contributed by atoms with Crippen molar-refractivity contribution in [3.05, 3.63) is 34.9 Å². The van der Waals surface area contributed by atoms with Gasteiger partial charge in [-0.3, -0.25) is 14.4 Å². The summed E-state index contributed by atoms with van der Waals surface area (Å²) in [5.41, 5.74) is 0.403. The van der Waals surface area contributed by atoms with Gasteiger partial charge in [0.1, 0.15) is 0 Å². The minimum absolute atomic E-state index is 0.0136. The van der Waals surface area contributed by atoms with Crippen molar-refractivity contribution in [1.82, 2.24) is 15.5 Å². The van der Waals surface area contributed by atoms with Crippen molar-refractivity contribution in [2.45, 2.75) is 13.3 Å². The van der Waals surface area contributed by atoms with Crippen molar-refractivity contribution >= 4 is 29.3 Å². The smallest absolute Gasteiger partial charge is 0.252 e. The molecule has 1 heterocycles. The molecule has 2 N–H and O–H groups in total. The van der Waals surface area contributed by atoms with E-state index in [-0.39, 0.29) is 30.1 Å². The second kappa shape index (κ2) is 7.97. The minimum Gasteiger partial charge on any atom is -0.354 e. The van der Waals surface area contributed by atoms with Crippen LogP contribution >= 0.6 is 11.6 Å². The van der Waals surface area contributed by atoms with Crippen molar-refractivity contribution in [3.63, 3.8) is 0 Å². The maximum absolute atomic E-state index is 12.0. The van der Waals surface area contributed by atoms with Gasteiger partial charge in [-0.25, -0.2) is 0 Å². The Bertz CT molecular complexity index is 606. The molecular weight excluding hydrogens is 318 g/mol. The number of hydrogen-bond donors (Lipinski definition) is 2. The molecule has 124 valence electrons. The predicted octanol–water partition coefficient (Wildman–Crippen LogP) is 1.05. The zero-order valence-electron chi connectivity index (χ0n) is 13.0. The zero-order valence-corrected chi connectivity index (χ0v) is 13.7. The average Bonchev–Trinajstić information content (AvgIpc) is 2.92. The molecule has 1 aliphatic heterocycles. The van der Waals surface area contributed by atoms with Crippen molar-refractivity contribution in [2.75, 3.05) is 26.2 Å². The fourth-order valence-electron chi connectivity index (χ4n) is 2.50. The third-order valence-corrected chi connectivity index (χ3v) is 4.12. The van der Waals surface area contributed by atoms with Gasteiger partial charge in [-0.05, 0) is 19.1 Å². The first-order valence-electron chi connectivity index (χ1n) is 7.61. The highest BCUT2D eigenvalue weighted by atomic mass is 35.5. The molecule has 3 amide bonds. The van der Waals surface area contributed by atoms with Crippen molar-refractivity contribution < 1.29 is 14.4 Å². The molecular formula is C16H20ClN3O3. The van der Waals surface area contributed by atoms with E-state index in [4.69, 9.17) is 11.6 Å². The van der Waals surface area contributed by atoms with Crippen LogP contribution in [0.25, 0.3) is 0 Å². The van der Waals surface area contributed by atoms with E-state index in [0.29, 0.717) is 36.8 Å². The van der Waals surface area contributed by atoms with Gasteiger partial charge in [0, 0.05) is 32.6 Å². The van der Waals surface area contributed by atoms with E-state index >= 15 is 0 Å². The molecule has 1 atom stereocenters. The lowest BCUT2D eigenvalue weighted by atomic mass is 10.1. The molecule has 1 aromatic rings. The van der Waals surface area contributed by atoms with Gasteiger partial charge in [0.2, 0.25) is 11.8 Å². The lowest BCUT2D eigenvalue weighted by Crippen LogP contribution is -2.38. The summed E-state index contributed by atoms with van der Waals surface area (Å²) in [6.45, 7) is 3.59. The number of hydrogen-bond acceptors (Lipinski definition) is 3. The summed E-state index contributed by atoms with van der Waals surface area (Å²) in [6.07, 6.45) is 0.256. The molecule has 1 aromatic carbocycles. The van der Waals surface area contributed by atoms with Crippen molar-refractivity contribution in [3.8, 4) is 0 Å². The van der Waals surface area contributed by atoms with Crippen LogP contribution in [0, 0.1) is 5.92 Å². The van der Waals surface area contributed by atoms with Crippen LogP contribution in [-0.4, -0.2) is 48.8 Å². The van der Waals surface area contributed by atoms with Crippen LogP contribution in [-0.2, 0) is 9.59 Å². The van der Waals surface area contributed by atoms with Crippen LogP contribution in [0.1, 0.15) is 23.7 Å². The van der Waals surface area contributed by atoms with E-state index in [0.717, 1.165) is 0 Å². The second-order valence-electron chi connectivity index (χ2n) is 5.36. The fraction of sp³-hybridized carbons (Fsp3) is 0.438. The summed E-state index contributed by atoms with van der Waals surface area (Å²) in [7, 11) is 0.